The summed E-state index contributed by atoms with van der Waals surface area (Å²) in [6, 6.07) is 8.33. The minimum atomic E-state index is -1.02. The zero-order chi connectivity index (χ0) is 19.0. The number of benzene rings is 1. The summed E-state index contributed by atoms with van der Waals surface area (Å²) in [6.07, 6.45) is 3.84. The van der Waals surface area contributed by atoms with Crippen LogP contribution in [0.5, 0.6) is 0 Å². The van der Waals surface area contributed by atoms with Gasteiger partial charge >= 0.3 is 5.97 Å². The van der Waals surface area contributed by atoms with Crippen molar-refractivity contribution in [2.45, 2.75) is 31.8 Å². The van der Waals surface area contributed by atoms with Gasteiger partial charge in [-0.05, 0) is 25.5 Å². The van der Waals surface area contributed by atoms with Crippen LogP contribution in [0.3, 0.4) is 0 Å². The van der Waals surface area contributed by atoms with Crippen molar-refractivity contribution >= 4 is 11.7 Å². The fourth-order valence-electron chi connectivity index (χ4n) is 3.24. The number of carboxylic acid groups (broad SMARTS) is 1. The van der Waals surface area contributed by atoms with E-state index in [1.54, 1.807) is 6.26 Å². The van der Waals surface area contributed by atoms with Gasteiger partial charge in [0.05, 0.1) is 12.2 Å². The van der Waals surface area contributed by atoms with Gasteiger partial charge in [-0.2, -0.15) is 0 Å². The van der Waals surface area contributed by atoms with E-state index >= 15 is 0 Å². The lowest BCUT2D eigenvalue weighted by atomic mass is 10.2. The van der Waals surface area contributed by atoms with E-state index in [1.165, 1.54) is 10.8 Å². The molecule has 0 aliphatic carbocycles. The number of nitrogens with one attached hydrogen (secondary N) is 1. The van der Waals surface area contributed by atoms with Gasteiger partial charge in [0.15, 0.2) is 0 Å². The fourth-order valence-corrected chi connectivity index (χ4v) is 3.24. The van der Waals surface area contributed by atoms with Gasteiger partial charge in [0.2, 0.25) is 5.89 Å². The molecular weight excluding hydrogens is 348 g/mol. The van der Waals surface area contributed by atoms with Crippen LogP contribution in [-0.2, 0) is 11.2 Å². The molecule has 3 aromatic rings. The highest BCUT2D eigenvalue weighted by Crippen LogP contribution is 2.25. The van der Waals surface area contributed by atoms with Crippen LogP contribution in [0.15, 0.2) is 52.0 Å². The molecule has 2 atom stereocenters. The van der Waals surface area contributed by atoms with Crippen LogP contribution in [-0.4, -0.2) is 25.6 Å². The van der Waals surface area contributed by atoms with Crippen LogP contribution in [0, 0.1) is 0 Å². The number of carbonyl (C=O) groups is 1. The van der Waals surface area contributed by atoms with E-state index in [2.05, 4.69) is 15.3 Å². The zero-order valence-electron chi connectivity index (χ0n) is 14.6. The van der Waals surface area contributed by atoms with Gasteiger partial charge in [-0.1, -0.05) is 18.2 Å². The first-order valence-electron chi connectivity index (χ1n) is 8.65. The molecule has 3 heterocycles. The van der Waals surface area contributed by atoms with Gasteiger partial charge < -0.3 is 14.8 Å². The van der Waals surface area contributed by atoms with Gasteiger partial charge in [-0.15, -0.1) is 0 Å². The Labute approximate surface area is 154 Å². The maximum Gasteiger partial charge on any atom is 0.326 e. The van der Waals surface area contributed by atoms with Crippen molar-refractivity contribution in [1.82, 2.24) is 14.5 Å². The monoisotopic (exact) mass is 366 g/mol. The van der Waals surface area contributed by atoms with E-state index in [0.29, 0.717) is 30.3 Å². The van der Waals surface area contributed by atoms with Gasteiger partial charge in [0, 0.05) is 12.0 Å². The molecule has 0 spiro atoms. The molecular formula is C19H18N4O4. The zero-order valence-corrected chi connectivity index (χ0v) is 14.6. The molecule has 0 saturated carbocycles. The number of hydrogen-bond acceptors (Lipinski definition) is 6. The van der Waals surface area contributed by atoms with Crippen molar-refractivity contribution in [2.24, 2.45) is 0 Å². The van der Waals surface area contributed by atoms with Gasteiger partial charge in [-0.25, -0.2) is 14.8 Å². The molecule has 138 valence electrons. The first-order chi connectivity index (χ1) is 13.0. The molecule has 2 N–H and O–H groups in total. The molecule has 1 aliphatic rings. The normalized spacial score (nSPS) is 16.7. The summed E-state index contributed by atoms with van der Waals surface area (Å²) < 4.78 is 6.79. The lowest BCUT2D eigenvalue weighted by molar-refractivity contribution is -0.140. The molecule has 0 fully saturated rings. The second kappa shape index (κ2) is 6.71. The van der Waals surface area contributed by atoms with Crippen molar-refractivity contribution in [3.8, 4) is 11.5 Å². The van der Waals surface area contributed by atoms with Gasteiger partial charge in [-0.3, -0.25) is 9.36 Å². The molecule has 0 unspecified atom stereocenters. The van der Waals surface area contributed by atoms with Crippen molar-refractivity contribution in [3.05, 3.63) is 64.7 Å². The Bertz CT molecular complexity index is 1040. The van der Waals surface area contributed by atoms with Gasteiger partial charge in [0.25, 0.3) is 5.56 Å². The first kappa shape index (κ1) is 17.0. The predicted molar refractivity (Wildman–Crippen MR) is 97.5 cm³/mol. The number of fused-ring (bicyclic) bond motifs is 1. The standard InChI is InChI=1S/C19H18N4O4/c1-11(14-10-27-17(22-14)12-5-3-2-4-6-12)21-13-9-20-16-8-7-15(19(25)26)23(16)18(13)24/h2-6,9-11,15,21H,7-8H2,1H3,(H,25,26)/t11-,15+/m1/s1. The molecule has 2 aromatic heterocycles. The number of aromatic nitrogens is 3. The van der Waals surface area contributed by atoms with Crippen molar-refractivity contribution in [3.63, 3.8) is 0 Å². The maximum absolute atomic E-state index is 12.7. The predicted octanol–water partition coefficient (Wildman–Crippen LogP) is 2.64. The summed E-state index contributed by atoms with van der Waals surface area (Å²) in [5.41, 5.74) is 1.35. The third-order valence-corrected chi connectivity index (χ3v) is 4.67. The van der Waals surface area contributed by atoms with E-state index in [0.717, 1.165) is 5.56 Å². The van der Waals surface area contributed by atoms with E-state index in [4.69, 9.17) is 4.42 Å². The average Bonchev–Trinajstić information content (AvgIpc) is 3.32. The molecule has 1 aliphatic heterocycles. The van der Waals surface area contributed by atoms with Crippen LogP contribution in [0.2, 0.25) is 0 Å². The fraction of sp³-hybridized carbons (Fsp3) is 0.263. The summed E-state index contributed by atoms with van der Waals surface area (Å²) in [4.78, 5) is 32.8. The van der Waals surface area contributed by atoms with Gasteiger partial charge in [0.1, 0.15) is 29.5 Å². The number of carboxylic acids is 1. The molecule has 1 aromatic carbocycles. The Kier molecular flexibility index (Phi) is 4.23. The number of oxazole rings is 1. The number of aryl methyl sites for hydroxylation is 1. The SMILES string of the molecule is C[C@@H](Nc1cnc2n(c1=O)[C@H](C(=O)O)CC2)c1coc(-c2ccccc2)n1. The highest BCUT2D eigenvalue weighted by molar-refractivity contribution is 5.72. The molecule has 0 bridgehead atoms. The highest BCUT2D eigenvalue weighted by Gasteiger charge is 2.31. The van der Waals surface area contributed by atoms with E-state index in [9.17, 15) is 14.7 Å². The van der Waals surface area contributed by atoms with Crippen LogP contribution in [0.4, 0.5) is 5.69 Å². The Balaban J connectivity index is 1.59. The van der Waals surface area contributed by atoms with E-state index in [-0.39, 0.29) is 17.3 Å². The van der Waals surface area contributed by atoms with E-state index in [1.807, 2.05) is 37.3 Å². The molecule has 27 heavy (non-hydrogen) atoms. The molecule has 0 saturated heterocycles. The largest absolute Gasteiger partial charge is 0.480 e. The quantitative estimate of drug-likeness (QED) is 0.714. The number of nitrogens with zero attached hydrogens (tertiary/aromatic N) is 3. The van der Waals surface area contributed by atoms with Crippen LogP contribution >= 0.6 is 0 Å². The molecule has 8 nitrogen and oxygen atoms in total. The van der Waals surface area contributed by atoms with Crippen molar-refractivity contribution in [2.75, 3.05) is 5.32 Å². The van der Waals surface area contributed by atoms with Crippen LogP contribution in [0.1, 0.15) is 36.9 Å². The summed E-state index contributed by atoms with van der Waals surface area (Å²) in [5, 5.41) is 12.4. The minimum absolute atomic E-state index is 0.240. The van der Waals surface area contributed by atoms with Crippen LogP contribution < -0.4 is 10.9 Å². The summed E-state index contributed by atoms with van der Waals surface area (Å²) >= 11 is 0. The summed E-state index contributed by atoms with van der Waals surface area (Å²) in [7, 11) is 0. The Hall–Kier alpha value is -3.42. The number of aliphatic carboxylic acids is 1. The van der Waals surface area contributed by atoms with Crippen molar-refractivity contribution in [1.29, 1.82) is 0 Å². The summed E-state index contributed by atoms with van der Waals surface area (Å²) in [5.74, 6) is -0.0285. The lowest BCUT2D eigenvalue weighted by Crippen LogP contribution is -2.30. The maximum atomic E-state index is 12.7. The summed E-state index contributed by atoms with van der Waals surface area (Å²) in [6.45, 7) is 1.85. The first-order valence-corrected chi connectivity index (χ1v) is 8.65. The highest BCUT2D eigenvalue weighted by atomic mass is 16.4. The number of hydrogen-bond donors (Lipinski definition) is 2. The third kappa shape index (κ3) is 3.10. The third-order valence-electron chi connectivity index (χ3n) is 4.67. The second-order valence-electron chi connectivity index (χ2n) is 6.47. The molecule has 8 heteroatoms. The van der Waals surface area contributed by atoms with E-state index < -0.39 is 12.0 Å². The number of anilines is 1. The lowest BCUT2D eigenvalue weighted by Gasteiger charge is -2.15. The second-order valence-corrected chi connectivity index (χ2v) is 6.47. The number of rotatable bonds is 5. The molecule has 0 amide bonds. The Morgan fingerprint density at radius 2 is 2.15 bits per heavy atom. The topological polar surface area (TPSA) is 110 Å². The average molecular weight is 366 g/mol. The Morgan fingerprint density at radius 1 is 1.37 bits per heavy atom. The molecule has 0 radical (unpaired) electrons. The molecule has 4 rings (SSSR count). The van der Waals surface area contributed by atoms with Crippen molar-refractivity contribution < 1.29 is 14.3 Å². The van der Waals surface area contributed by atoms with Crippen LogP contribution in [0.25, 0.3) is 11.5 Å². The Morgan fingerprint density at radius 3 is 2.89 bits per heavy atom. The minimum Gasteiger partial charge on any atom is -0.480 e. The smallest absolute Gasteiger partial charge is 0.326 e.